The number of hydrogen-bond acceptors (Lipinski definition) is 4. The van der Waals surface area contributed by atoms with Crippen LogP contribution in [0.4, 0.5) is 0 Å². The van der Waals surface area contributed by atoms with Crippen LogP contribution < -0.4 is 0 Å². The summed E-state index contributed by atoms with van der Waals surface area (Å²) in [6.45, 7) is 4.69. The second-order valence-corrected chi connectivity index (χ2v) is 5.05. The second kappa shape index (κ2) is 8.98. The zero-order chi connectivity index (χ0) is 12.4. The van der Waals surface area contributed by atoms with Crippen molar-refractivity contribution in [1.29, 1.82) is 0 Å². The molecule has 0 spiro atoms. The Morgan fingerprint density at radius 3 is 2.12 bits per heavy atom. The van der Waals surface area contributed by atoms with Crippen LogP contribution in [-0.2, 0) is 18.4 Å². The van der Waals surface area contributed by atoms with Crippen molar-refractivity contribution in [3.8, 4) is 11.8 Å². The van der Waals surface area contributed by atoms with Crippen LogP contribution in [0.15, 0.2) is 0 Å². The molecule has 0 aromatic heterocycles. The van der Waals surface area contributed by atoms with E-state index in [9.17, 15) is 9.59 Å². The Kier molecular flexibility index (Phi) is 8.26. The molecule has 90 valence electrons. The van der Waals surface area contributed by atoms with Gasteiger partial charge in [0, 0.05) is 20.3 Å². The van der Waals surface area contributed by atoms with Gasteiger partial charge in [0.2, 0.25) is 0 Å². The lowest BCUT2D eigenvalue weighted by molar-refractivity contribution is -0.137. The zero-order valence-corrected chi connectivity index (χ0v) is 11.2. The Labute approximate surface area is 98.2 Å². The standard InChI is InChI=1S/C11H18O4Si/c1-4-5-6-7-8-9-16(14-10(2)12)15-11(3)13/h16H,4-6,9H2,1-3H3. The first-order valence-electron chi connectivity index (χ1n) is 5.36. The highest BCUT2D eigenvalue weighted by molar-refractivity contribution is 6.49. The van der Waals surface area contributed by atoms with Gasteiger partial charge in [-0.15, -0.1) is 5.92 Å². The van der Waals surface area contributed by atoms with E-state index in [0.29, 0.717) is 6.04 Å². The highest BCUT2D eigenvalue weighted by atomic mass is 28.3. The van der Waals surface area contributed by atoms with E-state index in [-0.39, 0.29) is 0 Å². The van der Waals surface area contributed by atoms with Gasteiger partial charge in [0.15, 0.2) is 0 Å². The summed E-state index contributed by atoms with van der Waals surface area (Å²) in [4.78, 5) is 21.5. The molecule has 0 unspecified atom stereocenters. The third-order valence-electron chi connectivity index (χ3n) is 1.64. The molecule has 0 heterocycles. The summed E-state index contributed by atoms with van der Waals surface area (Å²) in [6, 6.07) is 0.364. The molecule has 5 heteroatoms. The summed E-state index contributed by atoms with van der Waals surface area (Å²) in [5.74, 6) is 5.01. The normalized spacial score (nSPS) is 9.25. The molecule has 0 saturated heterocycles. The summed E-state index contributed by atoms with van der Waals surface area (Å²) in [5, 5.41) is 0. The van der Waals surface area contributed by atoms with E-state index < -0.39 is 21.2 Å². The molecule has 4 nitrogen and oxygen atoms in total. The van der Waals surface area contributed by atoms with Crippen molar-refractivity contribution in [2.45, 2.75) is 46.1 Å². The maximum atomic E-state index is 10.7. The molecule has 0 bridgehead atoms. The number of carbonyl (C=O) groups is 2. The summed E-state index contributed by atoms with van der Waals surface area (Å²) < 4.78 is 9.84. The Balaban J connectivity index is 4.03. The van der Waals surface area contributed by atoms with Crippen LogP contribution in [0.5, 0.6) is 0 Å². The van der Waals surface area contributed by atoms with E-state index in [0.717, 1.165) is 19.3 Å². The molecule has 0 rings (SSSR count). The number of rotatable bonds is 5. The van der Waals surface area contributed by atoms with E-state index in [1.807, 2.05) is 0 Å². The molecule has 16 heavy (non-hydrogen) atoms. The smallest absolute Gasteiger partial charge is 0.460 e. The lowest BCUT2D eigenvalue weighted by atomic mass is 10.3. The zero-order valence-electron chi connectivity index (χ0n) is 10.0. The molecule has 0 atom stereocenters. The lowest BCUT2D eigenvalue weighted by Gasteiger charge is -2.11. The third kappa shape index (κ3) is 9.28. The van der Waals surface area contributed by atoms with Crippen molar-refractivity contribution < 1.29 is 18.4 Å². The van der Waals surface area contributed by atoms with E-state index in [2.05, 4.69) is 18.8 Å². The molecule has 0 aliphatic heterocycles. The van der Waals surface area contributed by atoms with Crippen LogP contribution in [0.2, 0.25) is 6.04 Å². The van der Waals surface area contributed by atoms with Crippen molar-refractivity contribution in [1.82, 2.24) is 0 Å². The van der Waals surface area contributed by atoms with Crippen molar-refractivity contribution in [2.24, 2.45) is 0 Å². The Bertz CT molecular complexity index is 274. The fourth-order valence-electron chi connectivity index (χ4n) is 0.987. The van der Waals surface area contributed by atoms with Gasteiger partial charge >= 0.3 is 9.28 Å². The van der Waals surface area contributed by atoms with Crippen LogP contribution in [0.3, 0.4) is 0 Å². The van der Waals surface area contributed by atoms with Crippen LogP contribution in [0.1, 0.15) is 40.0 Å². The van der Waals surface area contributed by atoms with Crippen LogP contribution in [0, 0.1) is 11.8 Å². The maximum absolute atomic E-state index is 10.7. The van der Waals surface area contributed by atoms with Crippen molar-refractivity contribution in [3.63, 3.8) is 0 Å². The van der Waals surface area contributed by atoms with Crippen molar-refractivity contribution >= 4 is 21.2 Å². The first kappa shape index (κ1) is 14.7. The van der Waals surface area contributed by atoms with Crippen LogP contribution in [-0.4, -0.2) is 21.2 Å². The molecule has 0 radical (unpaired) electrons. The average molecular weight is 242 g/mol. The van der Waals surface area contributed by atoms with Crippen molar-refractivity contribution in [2.75, 3.05) is 0 Å². The Morgan fingerprint density at radius 2 is 1.69 bits per heavy atom. The monoisotopic (exact) mass is 242 g/mol. The largest absolute Gasteiger partial charge is 0.487 e. The maximum Gasteiger partial charge on any atom is 0.460 e. The van der Waals surface area contributed by atoms with Crippen LogP contribution in [0.25, 0.3) is 0 Å². The molecule has 0 amide bonds. The fourth-order valence-corrected chi connectivity index (χ4v) is 2.25. The molecule has 0 saturated carbocycles. The van der Waals surface area contributed by atoms with Crippen LogP contribution >= 0.6 is 0 Å². The molecule has 0 aliphatic rings. The van der Waals surface area contributed by atoms with Crippen molar-refractivity contribution in [3.05, 3.63) is 0 Å². The summed E-state index contributed by atoms with van der Waals surface area (Å²) in [7, 11) is -2.27. The molecule has 0 fully saturated rings. The molecular formula is C11H18O4Si. The first-order chi connectivity index (χ1) is 7.56. The molecule has 0 aromatic carbocycles. The number of hydrogen-bond donors (Lipinski definition) is 0. The summed E-state index contributed by atoms with van der Waals surface area (Å²) in [6.07, 6.45) is 2.99. The fraction of sp³-hybridized carbons (Fsp3) is 0.636. The highest BCUT2D eigenvalue weighted by Gasteiger charge is 2.18. The van der Waals surface area contributed by atoms with E-state index in [4.69, 9.17) is 8.85 Å². The number of carbonyl (C=O) groups excluding carboxylic acids is 2. The number of unbranched alkanes of at least 4 members (excludes halogenated alkanes) is 2. The molecule has 0 N–H and O–H groups in total. The average Bonchev–Trinajstić information content (AvgIpc) is 2.15. The quantitative estimate of drug-likeness (QED) is 0.417. The van der Waals surface area contributed by atoms with Gasteiger partial charge in [-0.1, -0.05) is 19.3 Å². The third-order valence-corrected chi connectivity index (χ3v) is 3.37. The summed E-state index contributed by atoms with van der Waals surface area (Å²) >= 11 is 0. The van der Waals surface area contributed by atoms with Gasteiger partial charge in [0.1, 0.15) is 0 Å². The van der Waals surface area contributed by atoms with Gasteiger partial charge in [-0.3, -0.25) is 9.59 Å². The molecular weight excluding hydrogens is 224 g/mol. The van der Waals surface area contributed by atoms with Gasteiger partial charge < -0.3 is 8.85 Å². The SMILES string of the molecule is CCCCC#CC[SiH](OC(C)=O)OC(C)=O. The van der Waals surface area contributed by atoms with Gasteiger partial charge in [-0.05, 0) is 6.42 Å². The Hall–Kier alpha value is -1.28. The molecule has 0 aliphatic carbocycles. The second-order valence-electron chi connectivity index (χ2n) is 3.31. The van der Waals surface area contributed by atoms with E-state index >= 15 is 0 Å². The summed E-state index contributed by atoms with van der Waals surface area (Å²) in [5.41, 5.74) is 0. The minimum atomic E-state index is -2.27. The topological polar surface area (TPSA) is 52.6 Å². The van der Waals surface area contributed by atoms with Gasteiger partial charge in [0.05, 0.1) is 6.04 Å². The highest BCUT2D eigenvalue weighted by Crippen LogP contribution is 1.98. The van der Waals surface area contributed by atoms with E-state index in [1.54, 1.807) is 0 Å². The predicted molar refractivity (Wildman–Crippen MR) is 62.8 cm³/mol. The van der Waals surface area contributed by atoms with Gasteiger partial charge in [-0.25, -0.2) is 0 Å². The minimum Gasteiger partial charge on any atom is -0.487 e. The van der Waals surface area contributed by atoms with Gasteiger partial charge in [-0.2, -0.15) is 0 Å². The predicted octanol–water partition coefficient (Wildman–Crippen LogP) is 1.53. The molecule has 0 aromatic rings. The Morgan fingerprint density at radius 1 is 1.12 bits per heavy atom. The van der Waals surface area contributed by atoms with E-state index in [1.165, 1.54) is 13.8 Å². The first-order valence-corrected chi connectivity index (χ1v) is 7.12. The van der Waals surface area contributed by atoms with Gasteiger partial charge in [0.25, 0.3) is 11.9 Å². The minimum absolute atomic E-state index is 0.364. The lowest BCUT2D eigenvalue weighted by Crippen LogP contribution is -2.26.